The highest BCUT2D eigenvalue weighted by Crippen LogP contribution is 2.47. The Kier molecular flexibility index (Phi) is 7.33. The number of hydrogen-bond donors (Lipinski definition) is 0. The lowest BCUT2D eigenvalue weighted by molar-refractivity contribution is 0.606. The van der Waals surface area contributed by atoms with Crippen LogP contribution < -0.4 is 0 Å². The molecule has 0 N–H and O–H groups in total. The van der Waals surface area contributed by atoms with E-state index in [1.165, 1.54) is 65.3 Å². The van der Waals surface area contributed by atoms with E-state index in [0.29, 0.717) is 0 Å². The van der Waals surface area contributed by atoms with Gasteiger partial charge in [0.2, 0.25) is 0 Å². The first kappa shape index (κ1) is 33.5. The molecule has 59 heavy (non-hydrogen) atoms. The number of para-hydroxylation sites is 1. The van der Waals surface area contributed by atoms with Crippen LogP contribution in [0.15, 0.2) is 197 Å². The summed E-state index contributed by atoms with van der Waals surface area (Å²) in [6.45, 7) is 6.32. The van der Waals surface area contributed by atoms with Gasteiger partial charge < -0.3 is 8.83 Å². The molecule has 10 aromatic carbocycles. The Morgan fingerprint density at radius 3 is 1.71 bits per heavy atom. The molecule has 0 aliphatic rings. The van der Waals surface area contributed by atoms with Crippen LogP contribution >= 0.6 is 0 Å². The summed E-state index contributed by atoms with van der Waals surface area (Å²) < 4.78 is 12.9. The highest BCUT2D eigenvalue weighted by Gasteiger charge is 2.23. The van der Waals surface area contributed by atoms with Crippen LogP contribution in [0.1, 0.15) is 11.3 Å². The number of fused-ring (bicyclic) bond motifs is 8. The van der Waals surface area contributed by atoms with Crippen molar-refractivity contribution in [1.82, 2.24) is 0 Å². The summed E-state index contributed by atoms with van der Waals surface area (Å²) in [7, 11) is 0. The molecule has 2 aromatic heterocycles. The van der Waals surface area contributed by atoms with Crippen molar-refractivity contribution in [2.24, 2.45) is 0 Å². The van der Waals surface area contributed by atoms with E-state index in [4.69, 9.17) is 8.83 Å². The molecule has 0 atom stereocenters. The van der Waals surface area contributed by atoms with E-state index >= 15 is 0 Å². The Hall–Kier alpha value is -7.68. The molecule has 0 radical (unpaired) electrons. The van der Waals surface area contributed by atoms with Gasteiger partial charge in [-0.15, -0.1) is 0 Å². The van der Waals surface area contributed by atoms with Gasteiger partial charge in [-0.1, -0.05) is 152 Å². The standard InChI is InChI=1S/C57H36O2/c1-3-49-56(53-34(2)23-30-51-57(53)47-20-10-11-22-50(47)59-51)48-29-28-39(33-52(48)58-49)37-24-25-38-32-40(27-26-36(38)31-37)54-43-16-6-8-18-45(43)55(46-19-9-7-17-44(46)54)42-21-12-14-35-13-4-5-15-41(35)42/h3-33H,1H2,2H3. The van der Waals surface area contributed by atoms with E-state index in [1.807, 2.05) is 18.2 Å². The maximum Gasteiger partial charge on any atom is 0.136 e. The molecule has 2 heteroatoms. The number of benzene rings is 10. The third-order valence-corrected chi connectivity index (χ3v) is 12.4. The summed E-state index contributed by atoms with van der Waals surface area (Å²) in [5.74, 6) is 0.759. The van der Waals surface area contributed by atoms with Crippen molar-refractivity contribution in [2.45, 2.75) is 6.92 Å². The highest BCUT2D eigenvalue weighted by molar-refractivity contribution is 6.24. The quantitative estimate of drug-likeness (QED) is 0.164. The van der Waals surface area contributed by atoms with Crippen molar-refractivity contribution in [3.8, 4) is 44.5 Å². The van der Waals surface area contributed by atoms with E-state index in [2.05, 4.69) is 183 Å². The molecular formula is C57H36O2. The lowest BCUT2D eigenvalue weighted by atomic mass is 9.84. The Balaban J connectivity index is 0.978. The first-order valence-electron chi connectivity index (χ1n) is 20.2. The minimum atomic E-state index is 0.759. The molecule has 0 unspecified atom stereocenters. The van der Waals surface area contributed by atoms with Gasteiger partial charge in [-0.05, 0) is 131 Å². The molecule has 0 bridgehead atoms. The molecule has 0 spiro atoms. The number of hydrogen-bond acceptors (Lipinski definition) is 2. The number of rotatable bonds is 5. The second-order valence-electron chi connectivity index (χ2n) is 15.6. The molecule has 2 heterocycles. The average Bonchev–Trinajstić information content (AvgIpc) is 3.86. The molecule has 2 nitrogen and oxygen atoms in total. The molecule has 0 aliphatic carbocycles. The molecule has 0 fully saturated rings. The first-order chi connectivity index (χ1) is 29.1. The Morgan fingerprint density at radius 2 is 0.966 bits per heavy atom. The van der Waals surface area contributed by atoms with Crippen LogP contribution in [0.3, 0.4) is 0 Å². The van der Waals surface area contributed by atoms with Crippen molar-refractivity contribution < 1.29 is 8.83 Å². The summed E-state index contributed by atoms with van der Waals surface area (Å²) in [5, 5.41) is 13.2. The van der Waals surface area contributed by atoms with Crippen LogP contribution in [-0.2, 0) is 0 Å². The van der Waals surface area contributed by atoms with Gasteiger partial charge in [0, 0.05) is 27.3 Å². The smallest absolute Gasteiger partial charge is 0.136 e. The van der Waals surface area contributed by atoms with Gasteiger partial charge in [-0.25, -0.2) is 0 Å². The van der Waals surface area contributed by atoms with Crippen LogP contribution in [-0.4, -0.2) is 0 Å². The third-order valence-electron chi connectivity index (χ3n) is 12.4. The van der Waals surface area contributed by atoms with E-state index in [1.54, 1.807) is 0 Å². The molecular weight excluding hydrogens is 717 g/mol. The first-order valence-corrected chi connectivity index (χ1v) is 20.2. The van der Waals surface area contributed by atoms with Crippen LogP contribution in [0.2, 0.25) is 0 Å². The number of furan rings is 2. The lowest BCUT2D eigenvalue weighted by Crippen LogP contribution is -1.91. The average molecular weight is 753 g/mol. The molecule has 0 saturated carbocycles. The molecule has 12 aromatic rings. The van der Waals surface area contributed by atoms with Crippen molar-refractivity contribution >= 4 is 82.1 Å². The molecule has 0 saturated heterocycles. The SMILES string of the molecule is C=Cc1oc2cc(-c3ccc4cc(-c5c6ccccc6c(-c6cccc7ccccc67)c6ccccc56)ccc4c3)ccc2c1-c1c(C)ccc2oc3ccccc3c12. The summed E-state index contributed by atoms with van der Waals surface area (Å²) in [5.41, 5.74) is 13.2. The summed E-state index contributed by atoms with van der Waals surface area (Å²) in [6, 6.07) is 65.9. The fourth-order valence-corrected chi connectivity index (χ4v) is 9.69. The molecule has 0 aliphatic heterocycles. The minimum Gasteiger partial charge on any atom is -0.456 e. The van der Waals surface area contributed by atoms with Crippen LogP contribution in [0.4, 0.5) is 0 Å². The third kappa shape index (κ3) is 5.06. The lowest BCUT2D eigenvalue weighted by Gasteiger charge is -2.19. The van der Waals surface area contributed by atoms with Crippen LogP contribution in [0.5, 0.6) is 0 Å². The predicted octanol–water partition coefficient (Wildman–Crippen LogP) is 16.6. The topological polar surface area (TPSA) is 26.3 Å². The number of aryl methyl sites for hydroxylation is 1. The second kappa shape index (κ2) is 12.9. The minimum absolute atomic E-state index is 0.759. The monoisotopic (exact) mass is 752 g/mol. The fraction of sp³-hybridized carbons (Fsp3) is 0.0175. The fourth-order valence-electron chi connectivity index (χ4n) is 9.69. The van der Waals surface area contributed by atoms with Crippen molar-refractivity contribution in [1.29, 1.82) is 0 Å². The van der Waals surface area contributed by atoms with Gasteiger partial charge in [-0.2, -0.15) is 0 Å². The van der Waals surface area contributed by atoms with Gasteiger partial charge >= 0.3 is 0 Å². The summed E-state index contributed by atoms with van der Waals surface area (Å²) >= 11 is 0. The normalized spacial score (nSPS) is 11.9. The summed E-state index contributed by atoms with van der Waals surface area (Å²) in [6.07, 6.45) is 1.83. The second-order valence-corrected chi connectivity index (χ2v) is 15.6. The zero-order chi connectivity index (χ0) is 39.2. The van der Waals surface area contributed by atoms with Gasteiger partial charge in [0.15, 0.2) is 0 Å². The zero-order valence-electron chi connectivity index (χ0n) is 32.4. The Morgan fingerprint density at radius 1 is 0.373 bits per heavy atom. The van der Waals surface area contributed by atoms with Gasteiger partial charge in [-0.3, -0.25) is 0 Å². The summed E-state index contributed by atoms with van der Waals surface area (Å²) in [4.78, 5) is 0. The van der Waals surface area contributed by atoms with Crippen LogP contribution in [0, 0.1) is 6.92 Å². The Bertz CT molecular complexity index is 3640. The molecule has 276 valence electrons. The molecule has 0 amide bonds. The van der Waals surface area contributed by atoms with Crippen molar-refractivity contribution in [3.05, 3.63) is 200 Å². The maximum atomic E-state index is 6.59. The highest BCUT2D eigenvalue weighted by atomic mass is 16.3. The molecule has 12 rings (SSSR count). The largest absolute Gasteiger partial charge is 0.456 e. The van der Waals surface area contributed by atoms with Gasteiger partial charge in [0.05, 0.1) is 0 Å². The van der Waals surface area contributed by atoms with E-state index in [-0.39, 0.29) is 0 Å². The van der Waals surface area contributed by atoms with Gasteiger partial charge in [0.25, 0.3) is 0 Å². The van der Waals surface area contributed by atoms with Crippen molar-refractivity contribution in [3.63, 3.8) is 0 Å². The zero-order valence-corrected chi connectivity index (χ0v) is 32.4. The van der Waals surface area contributed by atoms with E-state index in [0.717, 1.165) is 66.5 Å². The maximum absolute atomic E-state index is 6.59. The Labute approximate surface area is 340 Å². The van der Waals surface area contributed by atoms with E-state index in [9.17, 15) is 0 Å². The van der Waals surface area contributed by atoms with Crippen molar-refractivity contribution in [2.75, 3.05) is 0 Å². The predicted molar refractivity (Wildman–Crippen MR) is 250 cm³/mol. The van der Waals surface area contributed by atoms with Crippen LogP contribution in [0.25, 0.3) is 127 Å². The van der Waals surface area contributed by atoms with E-state index < -0.39 is 0 Å². The van der Waals surface area contributed by atoms with Gasteiger partial charge in [0.1, 0.15) is 22.5 Å².